The largest absolute Gasteiger partial charge is 0.404 e. The Bertz CT molecular complexity index is 1180. The van der Waals surface area contributed by atoms with Gasteiger partial charge in [-0.2, -0.15) is 0 Å². The van der Waals surface area contributed by atoms with Crippen LogP contribution in [-0.2, 0) is 22.3 Å². The maximum Gasteiger partial charge on any atom is 0.330 e. The van der Waals surface area contributed by atoms with E-state index in [1.807, 2.05) is 36.4 Å². The van der Waals surface area contributed by atoms with E-state index in [4.69, 9.17) is 9.16 Å². The van der Waals surface area contributed by atoms with Crippen molar-refractivity contribution in [3.8, 4) is 0 Å². The molecule has 1 aromatic heterocycles. The average Bonchev–Trinajstić information content (AvgIpc) is 2.79. The number of aliphatic hydroxyl groups excluding tert-OH is 1. The number of aromatic amines is 1. The van der Waals surface area contributed by atoms with Gasteiger partial charge in [0, 0.05) is 18.2 Å². The van der Waals surface area contributed by atoms with Gasteiger partial charge < -0.3 is 14.3 Å². The molecule has 0 saturated heterocycles. The van der Waals surface area contributed by atoms with Crippen LogP contribution in [0.3, 0.4) is 0 Å². The lowest BCUT2D eigenvalue weighted by Crippen LogP contribution is -2.68. The molecule has 2 N–H and O–H groups in total. The first-order valence-electron chi connectivity index (χ1n) is 11.0. The van der Waals surface area contributed by atoms with Crippen LogP contribution in [0.4, 0.5) is 0 Å². The number of rotatable bonds is 6. The molecule has 3 aromatic rings. The van der Waals surface area contributed by atoms with Crippen molar-refractivity contribution in [3.05, 3.63) is 93.3 Å². The van der Waals surface area contributed by atoms with Gasteiger partial charge in [0.05, 0.1) is 13.2 Å². The van der Waals surface area contributed by atoms with Gasteiger partial charge in [0.25, 0.3) is 13.9 Å². The van der Waals surface area contributed by atoms with Crippen LogP contribution in [0.5, 0.6) is 0 Å². The zero-order valence-corrected chi connectivity index (χ0v) is 20.2. The molecule has 1 unspecified atom stereocenters. The molecule has 0 spiro atoms. The molecule has 1 atom stereocenters. The number of hydrogen-bond acceptors (Lipinski definition) is 5. The van der Waals surface area contributed by atoms with Crippen molar-refractivity contribution in [1.82, 2.24) is 9.55 Å². The number of aromatic nitrogens is 2. The van der Waals surface area contributed by atoms with Gasteiger partial charge in [-0.3, -0.25) is 14.3 Å². The van der Waals surface area contributed by atoms with Crippen molar-refractivity contribution in [1.29, 1.82) is 0 Å². The van der Waals surface area contributed by atoms with Gasteiger partial charge in [-0.05, 0) is 15.4 Å². The summed E-state index contributed by atoms with van der Waals surface area (Å²) in [6.07, 6.45) is 0.195. The first kappa shape index (κ1) is 23.4. The second kappa shape index (κ2) is 8.87. The van der Waals surface area contributed by atoms with Crippen LogP contribution < -0.4 is 21.6 Å². The molecule has 0 saturated carbocycles. The molecule has 2 aromatic carbocycles. The van der Waals surface area contributed by atoms with Gasteiger partial charge in [0.1, 0.15) is 12.3 Å². The smallest absolute Gasteiger partial charge is 0.330 e. The minimum atomic E-state index is -2.84. The normalized spacial score (nSPS) is 18.7. The summed E-state index contributed by atoms with van der Waals surface area (Å²) in [5.41, 5.74) is -1.52. The lowest BCUT2D eigenvalue weighted by Gasteiger charge is -2.46. The molecule has 2 heterocycles. The second-order valence-electron chi connectivity index (χ2n) is 9.60. The van der Waals surface area contributed by atoms with E-state index < -0.39 is 25.2 Å². The van der Waals surface area contributed by atoms with Gasteiger partial charge in [-0.15, -0.1) is 0 Å². The maximum atomic E-state index is 12.1. The summed E-state index contributed by atoms with van der Waals surface area (Å²) in [7, 11) is -2.84. The summed E-state index contributed by atoms with van der Waals surface area (Å²) in [5, 5.41) is 12.4. The summed E-state index contributed by atoms with van der Waals surface area (Å²) < 4.78 is 14.4. The molecule has 0 fully saturated rings. The molecule has 7 nitrogen and oxygen atoms in total. The van der Waals surface area contributed by atoms with Crippen molar-refractivity contribution in [2.75, 3.05) is 13.2 Å². The van der Waals surface area contributed by atoms with Gasteiger partial charge in [0.15, 0.2) is 0 Å². The Kier molecular flexibility index (Phi) is 6.28. The average molecular weight is 467 g/mol. The molecule has 1 aliphatic heterocycles. The third kappa shape index (κ3) is 4.27. The van der Waals surface area contributed by atoms with Crippen LogP contribution in [0.25, 0.3) is 0 Å². The van der Waals surface area contributed by atoms with Crippen molar-refractivity contribution < 1.29 is 14.3 Å². The summed E-state index contributed by atoms with van der Waals surface area (Å²) in [6.45, 7) is 6.31. The van der Waals surface area contributed by atoms with Crippen molar-refractivity contribution in [2.45, 2.75) is 44.6 Å². The molecule has 1 aliphatic rings. The molecule has 0 radical (unpaired) electrons. The molecule has 0 aliphatic carbocycles. The molecule has 4 rings (SSSR count). The van der Waals surface area contributed by atoms with Crippen molar-refractivity contribution >= 4 is 18.7 Å². The summed E-state index contributed by atoms with van der Waals surface area (Å²) in [5.74, 6) is 0. The minimum absolute atomic E-state index is 0.0599. The van der Waals surface area contributed by atoms with Crippen LogP contribution in [0, 0.1) is 0 Å². The predicted octanol–water partition coefficient (Wildman–Crippen LogP) is 1.37. The fourth-order valence-electron chi connectivity index (χ4n) is 4.68. The van der Waals surface area contributed by atoms with E-state index in [1.54, 1.807) is 0 Å². The number of H-pyrrole nitrogens is 1. The van der Waals surface area contributed by atoms with Crippen LogP contribution in [0.15, 0.2) is 76.3 Å². The zero-order chi connectivity index (χ0) is 23.7. The van der Waals surface area contributed by atoms with Crippen LogP contribution in [0.2, 0.25) is 5.04 Å². The molecule has 0 bridgehead atoms. The third-order valence-corrected chi connectivity index (χ3v) is 11.4. The minimum Gasteiger partial charge on any atom is -0.404 e. The van der Waals surface area contributed by atoms with E-state index in [-0.39, 0.29) is 31.4 Å². The Balaban J connectivity index is 1.77. The highest BCUT2D eigenvalue weighted by Gasteiger charge is 2.52. The van der Waals surface area contributed by atoms with Crippen molar-refractivity contribution in [3.63, 3.8) is 0 Å². The predicted molar refractivity (Wildman–Crippen MR) is 130 cm³/mol. The first-order chi connectivity index (χ1) is 15.7. The van der Waals surface area contributed by atoms with E-state index in [0.717, 1.165) is 10.4 Å². The van der Waals surface area contributed by atoms with Crippen molar-refractivity contribution in [2.24, 2.45) is 0 Å². The van der Waals surface area contributed by atoms with Gasteiger partial charge in [-0.1, -0.05) is 81.4 Å². The molecule has 33 heavy (non-hydrogen) atoms. The molecule has 0 amide bonds. The fraction of sp³-hybridized carbons (Fsp3) is 0.360. The lowest BCUT2D eigenvalue weighted by molar-refractivity contribution is -0.146. The van der Waals surface area contributed by atoms with E-state index in [9.17, 15) is 14.7 Å². The summed E-state index contributed by atoms with van der Waals surface area (Å²) in [6, 6.07) is 21.8. The summed E-state index contributed by atoms with van der Waals surface area (Å²) >= 11 is 0. The highest BCUT2D eigenvalue weighted by Crippen LogP contribution is 2.38. The number of nitrogens with zero attached hydrogens (tertiary/aromatic N) is 1. The molecular weight excluding hydrogens is 436 g/mol. The van der Waals surface area contributed by atoms with Crippen LogP contribution in [0.1, 0.15) is 26.5 Å². The molecule has 8 heteroatoms. The summed E-state index contributed by atoms with van der Waals surface area (Å²) in [4.78, 5) is 26.3. The highest BCUT2D eigenvalue weighted by atomic mass is 28.4. The number of aliphatic hydroxyl groups is 1. The fourth-order valence-corrected chi connectivity index (χ4v) is 9.32. The van der Waals surface area contributed by atoms with E-state index in [1.165, 1.54) is 10.6 Å². The van der Waals surface area contributed by atoms with Crippen LogP contribution >= 0.6 is 0 Å². The zero-order valence-electron chi connectivity index (χ0n) is 19.2. The topological polar surface area (TPSA) is 93.5 Å². The standard InChI is InChI=1S/C25H30N2O5Si/c1-24(2,3)33(20-10-6-4-7-11-20,21-12-8-5-9-13-21)32-17-25(16-28)15-19-14-22(29)26-23(30)27(19)18-31-25/h4-14,28H,15-18H2,1-3H3,(H,26,29,30). The van der Waals surface area contributed by atoms with Gasteiger partial charge in [-0.25, -0.2) is 4.79 Å². The van der Waals surface area contributed by atoms with E-state index in [0.29, 0.717) is 5.69 Å². The first-order valence-corrected chi connectivity index (χ1v) is 12.9. The van der Waals surface area contributed by atoms with E-state index in [2.05, 4.69) is 50.0 Å². The Labute approximate surface area is 193 Å². The monoisotopic (exact) mass is 466 g/mol. The quantitative estimate of drug-likeness (QED) is 0.536. The number of hydrogen-bond donors (Lipinski definition) is 2. The SMILES string of the molecule is CC(C)(C)[Si](OCC1(CO)Cc2cc(=O)[nH]c(=O)n2CO1)(c1ccccc1)c1ccccc1. The molecular formula is C25H30N2O5Si. The Morgan fingerprint density at radius 2 is 1.64 bits per heavy atom. The van der Waals surface area contributed by atoms with Crippen LogP contribution in [-0.4, -0.2) is 41.8 Å². The number of nitrogens with one attached hydrogen (secondary N) is 1. The lowest BCUT2D eigenvalue weighted by atomic mass is 9.98. The second-order valence-corrected chi connectivity index (χ2v) is 13.9. The van der Waals surface area contributed by atoms with Gasteiger partial charge >= 0.3 is 5.69 Å². The molecule has 174 valence electrons. The maximum absolute atomic E-state index is 12.1. The Morgan fingerprint density at radius 1 is 1.06 bits per heavy atom. The Morgan fingerprint density at radius 3 is 2.15 bits per heavy atom. The number of benzene rings is 2. The van der Waals surface area contributed by atoms with E-state index >= 15 is 0 Å². The Hall–Kier alpha value is -2.78. The number of ether oxygens (including phenoxy) is 1. The highest BCUT2D eigenvalue weighted by molar-refractivity contribution is 6.99. The number of fused-ring (bicyclic) bond motifs is 1. The van der Waals surface area contributed by atoms with Gasteiger partial charge in [0.2, 0.25) is 0 Å². The third-order valence-electron chi connectivity index (χ3n) is 6.38.